The number of halogens is 2. The Morgan fingerprint density at radius 2 is 1.85 bits per heavy atom. The number of hydrogen-bond acceptors (Lipinski definition) is 3. The molecule has 1 aliphatic rings. The molecule has 0 heterocycles. The molecule has 0 bridgehead atoms. The first-order valence-corrected chi connectivity index (χ1v) is 9.42. The van der Waals surface area contributed by atoms with Crippen molar-refractivity contribution in [1.82, 2.24) is 0 Å². The van der Waals surface area contributed by atoms with Crippen LogP contribution in [0.3, 0.4) is 0 Å². The van der Waals surface area contributed by atoms with Gasteiger partial charge >= 0.3 is 0 Å². The Balaban J connectivity index is 1.76. The molecule has 0 atom stereocenters. The predicted molar refractivity (Wildman–Crippen MR) is 104 cm³/mol. The molecule has 1 N–H and O–H groups in total. The number of methoxy groups -OCH3 is 1. The number of nitrogens with one attached hydrogen (secondary N) is 1. The lowest BCUT2D eigenvalue weighted by Crippen LogP contribution is -2.38. The van der Waals surface area contributed by atoms with Gasteiger partial charge in [-0.3, -0.25) is 4.79 Å². The highest BCUT2D eigenvalue weighted by atomic mass is 35.5. The minimum Gasteiger partial charge on any atom is -0.490 e. The molecule has 3 rings (SSSR count). The highest BCUT2D eigenvalue weighted by molar-refractivity contribution is 6.32. The first-order chi connectivity index (χ1) is 13.0. The van der Waals surface area contributed by atoms with Crippen LogP contribution in [0.15, 0.2) is 42.5 Å². The van der Waals surface area contributed by atoms with Gasteiger partial charge in [-0.25, -0.2) is 4.39 Å². The van der Waals surface area contributed by atoms with Crippen LogP contribution in [0.25, 0.3) is 0 Å². The van der Waals surface area contributed by atoms with Crippen molar-refractivity contribution >= 4 is 23.2 Å². The lowest BCUT2D eigenvalue weighted by Gasteiger charge is -2.28. The molecule has 0 aromatic heterocycles. The smallest absolute Gasteiger partial charge is 0.235 e. The molecule has 2 aromatic carbocycles. The Morgan fingerprint density at radius 1 is 1.15 bits per heavy atom. The van der Waals surface area contributed by atoms with E-state index in [0.717, 1.165) is 31.2 Å². The summed E-state index contributed by atoms with van der Waals surface area (Å²) in [6.45, 7) is 0.866. The van der Waals surface area contributed by atoms with Crippen LogP contribution in [-0.4, -0.2) is 26.2 Å². The third-order valence-electron chi connectivity index (χ3n) is 5.02. The number of benzene rings is 2. The summed E-state index contributed by atoms with van der Waals surface area (Å²) in [7, 11) is 1.60. The van der Waals surface area contributed by atoms with Gasteiger partial charge in [0.15, 0.2) is 0 Å². The van der Waals surface area contributed by atoms with E-state index >= 15 is 0 Å². The largest absolute Gasteiger partial charge is 0.490 e. The molecule has 1 saturated carbocycles. The molecule has 0 aliphatic heterocycles. The van der Waals surface area contributed by atoms with Gasteiger partial charge in [-0.2, -0.15) is 0 Å². The molecule has 0 unspecified atom stereocenters. The van der Waals surface area contributed by atoms with Gasteiger partial charge in [0.05, 0.1) is 17.0 Å². The minimum atomic E-state index is -0.631. The standard InChI is InChI=1S/C21H23ClFNO3/c1-26-12-13-27-19-9-8-17(14-18(19)22)24-20(25)21(10-2-3-11-21)15-4-6-16(23)7-5-15/h4-9,14H,2-3,10-13H2,1H3,(H,24,25). The third-order valence-corrected chi connectivity index (χ3v) is 5.32. The Bertz CT molecular complexity index is 789. The molecule has 2 aromatic rings. The molecule has 0 spiro atoms. The lowest BCUT2D eigenvalue weighted by atomic mass is 9.78. The minimum absolute atomic E-state index is 0.0873. The van der Waals surface area contributed by atoms with Crippen LogP contribution in [0, 0.1) is 5.82 Å². The van der Waals surface area contributed by atoms with Crippen molar-refractivity contribution in [2.75, 3.05) is 25.6 Å². The molecule has 4 nitrogen and oxygen atoms in total. The van der Waals surface area contributed by atoms with Gasteiger partial charge in [-0.1, -0.05) is 36.6 Å². The van der Waals surface area contributed by atoms with E-state index in [4.69, 9.17) is 21.1 Å². The number of anilines is 1. The zero-order valence-corrected chi connectivity index (χ0v) is 16.0. The summed E-state index contributed by atoms with van der Waals surface area (Å²) in [6.07, 6.45) is 3.43. The fraction of sp³-hybridized carbons (Fsp3) is 0.381. The molecular weight excluding hydrogens is 369 g/mol. The second-order valence-corrected chi connectivity index (χ2v) is 7.14. The Hall–Kier alpha value is -2.11. The van der Waals surface area contributed by atoms with Crippen molar-refractivity contribution in [1.29, 1.82) is 0 Å². The van der Waals surface area contributed by atoms with Crippen molar-refractivity contribution in [2.24, 2.45) is 0 Å². The van der Waals surface area contributed by atoms with Crippen molar-refractivity contribution in [3.63, 3.8) is 0 Å². The molecular formula is C21H23ClFNO3. The maximum absolute atomic E-state index is 13.3. The van der Waals surface area contributed by atoms with E-state index in [1.807, 2.05) is 0 Å². The maximum Gasteiger partial charge on any atom is 0.235 e. The molecule has 27 heavy (non-hydrogen) atoms. The lowest BCUT2D eigenvalue weighted by molar-refractivity contribution is -0.121. The summed E-state index contributed by atoms with van der Waals surface area (Å²) in [5, 5.41) is 3.40. The van der Waals surface area contributed by atoms with E-state index in [1.165, 1.54) is 12.1 Å². The predicted octanol–water partition coefficient (Wildman–Crippen LogP) is 4.95. The third kappa shape index (κ3) is 4.42. The number of carbonyl (C=O) groups excluding carboxylic acids is 1. The molecule has 0 saturated heterocycles. The fourth-order valence-electron chi connectivity index (χ4n) is 3.58. The van der Waals surface area contributed by atoms with E-state index in [1.54, 1.807) is 37.4 Å². The Labute approximate surface area is 163 Å². The maximum atomic E-state index is 13.3. The van der Waals surface area contributed by atoms with Crippen molar-refractivity contribution < 1.29 is 18.7 Å². The number of carbonyl (C=O) groups is 1. The molecule has 0 radical (unpaired) electrons. The summed E-state index contributed by atoms with van der Waals surface area (Å²) in [5.41, 5.74) is 0.829. The van der Waals surface area contributed by atoms with Gasteiger partial charge in [0.25, 0.3) is 0 Å². The average molecular weight is 392 g/mol. The second-order valence-electron chi connectivity index (χ2n) is 6.74. The number of amides is 1. The van der Waals surface area contributed by atoms with Crippen molar-refractivity contribution in [3.8, 4) is 5.75 Å². The SMILES string of the molecule is COCCOc1ccc(NC(=O)C2(c3ccc(F)cc3)CCCC2)cc1Cl. The quantitative estimate of drug-likeness (QED) is 0.679. The zero-order valence-electron chi connectivity index (χ0n) is 15.3. The monoisotopic (exact) mass is 391 g/mol. The number of hydrogen-bond donors (Lipinski definition) is 1. The van der Waals surface area contributed by atoms with Gasteiger partial charge in [0.1, 0.15) is 18.2 Å². The van der Waals surface area contributed by atoms with Crippen LogP contribution in [0.2, 0.25) is 5.02 Å². The molecule has 1 aliphatic carbocycles. The Morgan fingerprint density at radius 3 is 2.48 bits per heavy atom. The van der Waals surface area contributed by atoms with Gasteiger partial charge in [0.2, 0.25) is 5.91 Å². The topological polar surface area (TPSA) is 47.6 Å². The first-order valence-electron chi connectivity index (χ1n) is 9.04. The normalized spacial score (nSPS) is 15.5. The van der Waals surface area contributed by atoms with Crippen LogP contribution in [0.1, 0.15) is 31.2 Å². The first kappa shape index (κ1) is 19.6. The van der Waals surface area contributed by atoms with Crippen LogP contribution >= 0.6 is 11.6 Å². The van der Waals surface area contributed by atoms with Gasteiger partial charge in [0, 0.05) is 12.8 Å². The second kappa shape index (κ2) is 8.72. The number of rotatable bonds is 7. The molecule has 6 heteroatoms. The van der Waals surface area contributed by atoms with Crippen molar-refractivity contribution in [3.05, 3.63) is 58.9 Å². The van der Waals surface area contributed by atoms with Crippen LogP contribution in [0.5, 0.6) is 5.75 Å². The summed E-state index contributed by atoms with van der Waals surface area (Å²) in [4.78, 5) is 13.1. The summed E-state index contributed by atoms with van der Waals surface area (Å²) < 4.78 is 23.8. The summed E-state index contributed by atoms with van der Waals surface area (Å²) in [5.74, 6) is 0.153. The van der Waals surface area contributed by atoms with Gasteiger partial charge in [-0.15, -0.1) is 0 Å². The summed E-state index contributed by atoms with van der Waals surface area (Å²) in [6, 6.07) is 11.4. The van der Waals surface area contributed by atoms with Crippen LogP contribution < -0.4 is 10.1 Å². The Kier molecular flexibility index (Phi) is 6.34. The highest BCUT2D eigenvalue weighted by Crippen LogP contribution is 2.42. The summed E-state index contributed by atoms with van der Waals surface area (Å²) >= 11 is 6.26. The van der Waals surface area contributed by atoms with E-state index < -0.39 is 5.41 Å². The molecule has 144 valence electrons. The highest BCUT2D eigenvalue weighted by Gasteiger charge is 2.42. The van der Waals surface area contributed by atoms with E-state index in [-0.39, 0.29) is 11.7 Å². The van der Waals surface area contributed by atoms with Crippen LogP contribution in [0.4, 0.5) is 10.1 Å². The average Bonchev–Trinajstić information content (AvgIpc) is 3.15. The fourth-order valence-corrected chi connectivity index (χ4v) is 3.81. The number of ether oxygens (including phenoxy) is 2. The van der Waals surface area contributed by atoms with E-state index in [0.29, 0.717) is 29.7 Å². The van der Waals surface area contributed by atoms with Gasteiger partial charge in [-0.05, 0) is 48.7 Å². The molecule has 1 fully saturated rings. The zero-order chi connectivity index (χ0) is 19.3. The van der Waals surface area contributed by atoms with Crippen LogP contribution in [-0.2, 0) is 14.9 Å². The van der Waals surface area contributed by atoms with Crippen molar-refractivity contribution in [2.45, 2.75) is 31.1 Å². The van der Waals surface area contributed by atoms with E-state index in [9.17, 15) is 9.18 Å². The van der Waals surface area contributed by atoms with Gasteiger partial charge < -0.3 is 14.8 Å². The molecule has 1 amide bonds. The van der Waals surface area contributed by atoms with E-state index in [2.05, 4.69) is 5.32 Å².